The molecule has 0 aliphatic carbocycles. The van der Waals surface area contributed by atoms with Gasteiger partial charge in [-0.1, -0.05) is 62.3 Å². The van der Waals surface area contributed by atoms with Crippen LogP contribution in [0.25, 0.3) is 6.08 Å². The van der Waals surface area contributed by atoms with Crippen LogP contribution in [0.5, 0.6) is 0 Å². The summed E-state index contributed by atoms with van der Waals surface area (Å²) in [6, 6.07) is 7.81. The van der Waals surface area contributed by atoms with Crippen LogP contribution >= 0.6 is 0 Å². The van der Waals surface area contributed by atoms with Crippen molar-refractivity contribution < 1.29 is 9.94 Å². The Morgan fingerprint density at radius 3 is 2.42 bits per heavy atom. The topological polar surface area (TPSA) is 72.5 Å². The number of hydrogen-bond acceptors (Lipinski definition) is 5. The molecule has 0 amide bonds. The molecule has 0 bridgehead atoms. The molecule has 2 rings (SSSR count). The zero-order chi connectivity index (χ0) is 17.6. The molecule has 0 aliphatic rings. The molecular weight excluding hydrogens is 304 g/mol. The molecule has 6 heteroatoms. The van der Waals surface area contributed by atoms with Gasteiger partial charge in [-0.05, 0) is 16.5 Å². The standard InChI is InChI=1S/C18H24N4O2/c1-17(2,3)18(23,12-22-14-19-13-20-22)10-9-15-5-7-16(8-6-15)11-21-24-4/h5-11,13-14,23H,12H2,1-4H3. The van der Waals surface area contributed by atoms with Gasteiger partial charge in [0.25, 0.3) is 0 Å². The van der Waals surface area contributed by atoms with E-state index in [0.29, 0.717) is 6.54 Å². The fraction of sp³-hybridized carbons (Fsp3) is 0.389. The molecule has 24 heavy (non-hydrogen) atoms. The zero-order valence-corrected chi connectivity index (χ0v) is 14.5. The molecule has 6 nitrogen and oxygen atoms in total. The summed E-state index contributed by atoms with van der Waals surface area (Å²) in [6.07, 6.45) is 8.46. The van der Waals surface area contributed by atoms with Crippen LogP contribution in [0.2, 0.25) is 0 Å². The molecule has 128 valence electrons. The highest BCUT2D eigenvalue weighted by molar-refractivity contribution is 5.79. The summed E-state index contributed by atoms with van der Waals surface area (Å²) < 4.78 is 1.64. The number of aromatic nitrogens is 3. The molecule has 0 saturated heterocycles. The molecule has 1 unspecified atom stereocenters. The second-order valence-corrected chi connectivity index (χ2v) is 6.68. The van der Waals surface area contributed by atoms with Gasteiger partial charge in [0, 0.05) is 0 Å². The average Bonchev–Trinajstić information content (AvgIpc) is 3.03. The normalized spacial score (nSPS) is 15.0. The molecule has 1 heterocycles. The average molecular weight is 328 g/mol. The van der Waals surface area contributed by atoms with Crippen molar-refractivity contribution in [2.45, 2.75) is 32.9 Å². The lowest BCUT2D eigenvalue weighted by atomic mass is 9.76. The van der Waals surface area contributed by atoms with Crippen LogP contribution in [-0.4, -0.2) is 38.8 Å². The van der Waals surface area contributed by atoms with Crippen molar-refractivity contribution in [1.82, 2.24) is 14.8 Å². The lowest BCUT2D eigenvalue weighted by Gasteiger charge is -2.37. The number of aliphatic hydroxyl groups is 1. The van der Waals surface area contributed by atoms with E-state index in [2.05, 4.69) is 20.1 Å². The van der Waals surface area contributed by atoms with E-state index in [1.165, 1.54) is 13.4 Å². The van der Waals surface area contributed by atoms with Gasteiger partial charge in [-0.15, -0.1) is 0 Å². The zero-order valence-electron chi connectivity index (χ0n) is 14.5. The first-order chi connectivity index (χ1) is 11.3. The monoisotopic (exact) mass is 328 g/mol. The van der Waals surface area contributed by atoms with Crippen molar-refractivity contribution in [3.63, 3.8) is 0 Å². The number of hydrogen-bond donors (Lipinski definition) is 1. The Morgan fingerprint density at radius 2 is 1.88 bits per heavy atom. The van der Waals surface area contributed by atoms with Crippen molar-refractivity contribution in [2.75, 3.05) is 7.11 Å². The lowest BCUT2D eigenvalue weighted by Crippen LogP contribution is -2.44. The quantitative estimate of drug-likeness (QED) is 0.654. The second kappa shape index (κ2) is 7.40. The van der Waals surface area contributed by atoms with Crippen LogP contribution in [0.1, 0.15) is 31.9 Å². The Bertz CT molecular complexity index is 685. The Morgan fingerprint density at radius 1 is 1.21 bits per heavy atom. The second-order valence-electron chi connectivity index (χ2n) is 6.68. The minimum Gasteiger partial charge on any atom is -0.399 e. The van der Waals surface area contributed by atoms with Crippen LogP contribution in [0.4, 0.5) is 0 Å². The summed E-state index contributed by atoms with van der Waals surface area (Å²) >= 11 is 0. The maximum Gasteiger partial charge on any atom is 0.137 e. The smallest absolute Gasteiger partial charge is 0.137 e. The minimum absolute atomic E-state index is 0.339. The molecule has 2 aromatic rings. The fourth-order valence-electron chi connectivity index (χ4n) is 2.14. The maximum absolute atomic E-state index is 11.1. The van der Waals surface area contributed by atoms with Crippen LogP contribution in [-0.2, 0) is 11.4 Å². The highest BCUT2D eigenvalue weighted by Gasteiger charge is 2.38. The minimum atomic E-state index is -1.06. The van der Waals surface area contributed by atoms with Crippen molar-refractivity contribution in [1.29, 1.82) is 0 Å². The van der Waals surface area contributed by atoms with Gasteiger partial charge in [0.15, 0.2) is 0 Å². The summed E-state index contributed by atoms with van der Waals surface area (Å²) in [5, 5.41) is 19.0. The van der Waals surface area contributed by atoms with Gasteiger partial charge in [-0.2, -0.15) is 5.10 Å². The first-order valence-corrected chi connectivity index (χ1v) is 7.75. The third-order valence-electron chi connectivity index (χ3n) is 3.96. The first kappa shape index (κ1) is 17.9. The van der Waals surface area contributed by atoms with Crippen molar-refractivity contribution in [2.24, 2.45) is 10.6 Å². The van der Waals surface area contributed by atoms with Crippen molar-refractivity contribution in [3.8, 4) is 0 Å². The molecule has 0 radical (unpaired) electrons. The number of rotatable bonds is 6. The Kier molecular flexibility index (Phi) is 5.51. The molecular formula is C18H24N4O2. The van der Waals surface area contributed by atoms with E-state index in [1.54, 1.807) is 17.2 Å². The van der Waals surface area contributed by atoms with E-state index in [1.807, 2.05) is 57.2 Å². The van der Waals surface area contributed by atoms with E-state index in [4.69, 9.17) is 0 Å². The Labute approximate surface area is 142 Å². The SMILES string of the molecule is CON=Cc1ccc(C=CC(O)(Cn2cncn2)C(C)(C)C)cc1. The third kappa shape index (κ3) is 4.52. The Balaban J connectivity index is 2.19. The van der Waals surface area contributed by atoms with Crippen LogP contribution in [0.3, 0.4) is 0 Å². The van der Waals surface area contributed by atoms with E-state index in [-0.39, 0.29) is 5.41 Å². The van der Waals surface area contributed by atoms with E-state index >= 15 is 0 Å². The molecule has 1 atom stereocenters. The summed E-state index contributed by atoms with van der Waals surface area (Å²) in [4.78, 5) is 8.60. The number of benzene rings is 1. The van der Waals surface area contributed by atoms with Gasteiger partial charge in [0.05, 0.1) is 12.8 Å². The summed E-state index contributed by atoms with van der Waals surface area (Å²) in [5.41, 5.74) is 0.519. The molecule has 0 fully saturated rings. The van der Waals surface area contributed by atoms with Crippen LogP contribution in [0.15, 0.2) is 48.2 Å². The van der Waals surface area contributed by atoms with Gasteiger partial charge < -0.3 is 9.94 Å². The van der Waals surface area contributed by atoms with Crippen LogP contribution in [0, 0.1) is 5.41 Å². The van der Waals surface area contributed by atoms with Gasteiger partial charge in [0.1, 0.15) is 25.4 Å². The molecule has 0 spiro atoms. The van der Waals surface area contributed by atoms with Gasteiger partial charge >= 0.3 is 0 Å². The van der Waals surface area contributed by atoms with Gasteiger partial charge in [0.2, 0.25) is 0 Å². The Hall–Kier alpha value is -2.47. The highest BCUT2D eigenvalue weighted by atomic mass is 16.6. The number of nitrogens with zero attached hydrogens (tertiary/aromatic N) is 4. The molecule has 1 aromatic carbocycles. The predicted octanol–water partition coefficient (Wildman–Crippen LogP) is 2.75. The molecule has 0 aliphatic heterocycles. The van der Waals surface area contributed by atoms with Gasteiger partial charge in [-0.25, -0.2) is 9.67 Å². The van der Waals surface area contributed by atoms with E-state index in [9.17, 15) is 5.11 Å². The van der Waals surface area contributed by atoms with Crippen molar-refractivity contribution in [3.05, 3.63) is 54.1 Å². The van der Waals surface area contributed by atoms with E-state index < -0.39 is 5.60 Å². The number of oxime groups is 1. The summed E-state index contributed by atoms with van der Waals surface area (Å²) in [7, 11) is 1.51. The third-order valence-corrected chi connectivity index (χ3v) is 3.96. The van der Waals surface area contributed by atoms with Gasteiger partial charge in [-0.3, -0.25) is 0 Å². The predicted molar refractivity (Wildman–Crippen MR) is 94.5 cm³/mol. The molecule has 1 aromatic heterocycles. The lowest BCUT2D eigenvalue weighted by molar-refractivity contribution is -0.0297. The summed E-state index contributed by atoms with van der Waals surface area (Å²) in [5.74, 6) is 0. The molecule has 0 saturated carbocycles. The first-order valence-electron chi connectivity index (χ1n) is 7.75. The maximum atomic E-state index is 11.1. The van der Waals surface area contributed by atoms with Crippen LogP contribution < -0.4 is 0 Å². The highest BCUT2D eigenvalue weighted by Crippen LogP contribution is 2.33. The largest absolute Gasteiger partial charge is 0.399 e. The fourth-order valence-corrected chi connectivity index (χ4v) is 2.14. The van der Waals surface area contributed by atoms with Crippen molar-refractivity contribution >= 4 is 12.3 Å². The summed E-state index contributed by atoms with van der Waals surface area (Å²) in [6.45, 7) is 6.33. The molecule has 1 N–H and O–H groups in total. The van der Waals surface area contributed by atoms with E-state index in [0.717, 1.165) is 11.1 Å².